The lowest BCUT2D eigenvalue weighted by molar-refractivity contribution is -0.129. The highest BCUT2D eigenvalue weighted by atomic mass is 16.5. The van der Waals surface area contributed by atoms with E-state index in [9.17, 15) is 19.2 Å². The van der Waals surface area contributed by atoms with E-state index < -0.39 is 23.2 Å². The first kappa shape index (κ1) is 24.9. The van der Waals surface area contributed by atoms with Crippen molar-refractivity contribution in [1.82, 2.24) is 0 Å². The fraction of sp³-hybridized carbons (Fsp3) is 0.161. The van der Waals surface area contributed by atoms with Gasteiger partial charge in [-0.25, -0.2) is 9.69 Å². The molecular weight excluding hydrogens is 482 g/mol. The van der Waals surface area contributed by atoms with Crippen molar-refractivity contribution in [2.24, 2.45) is 5.41 Å². The first-order chi connectivity index (χ1) is 18.1. The summed E-state index contributed by atoms with van der Waals surface area (Å²) in [7, 11) is 0. The smallest absolute Gasteiger partial charge is 0.338 e. The van der Waals surface area contributed by atoms with Gasteiger partial charge in [-0.05, 0) is 53.9 Å². The minimum absolute atomic E-state index is 0.0901. The molecular formula is C31H25NO6. The Morgan fingerprint density at radius 3 is 2.21 bits per heavy atom. The Morgan fingerprint density at radius 1 is 0.789 bits per heavy atom. The van der Waals surface area contributed by atoms with Gasteiger partial charge in [0.15, 0.2) is 12.4 Å². The van der Waals surface area contributed by atoms with Gasteiger partial charge in [0.1, 0.15) is 11.5 Å². The fourth-order valence-electron chi connectivity index (χ4n) is 4.11. The zero-order valence-electron chi connectivity index (χ0n) is 21.2. The SMILES string of the molecule is CC(C)(C)C(=O)COC(=O)c1ccc2c(c1)C(=O)N(c1ccc(Oc3cccc4ccccc34)cc1)C2=O. The van der Waals surface area contributed by atoms with Gasteiger partial charge in [-0.2, -0.15) is 0 Å². The molecule has 0 saturated heterocycles. The van der Waals surface area contributed by atoms with Gasteiger partial charge >= 0.3 is 5.97 Å². The first-order valence-corrected chi connectivity index (χ1v) is 12.1. The van der Waals surface area contributed by atoms with Crippen LogP contribution in [-0.4, -0.2) is 30.2 Å². The molecule has 0 spiro atoms. The summed E-state index contributed by atoms with van der Waals surface area (Å²) < 4.78 is 11.2. The summed E-state index contributed by atoms with van der Waals surface area (Å²) in [6.45, 7) is 4.84. The molecule has 1 aliphatic rings. The molecule has 0 saturated carbocycles. The van der Waals surface area contributed by atoms with Crippen LogP contribution in [0.3, 0.4) is 0 Å². The Kier molecular flexibility index (Phi) is 6.28. The molecule has 0 aliphatic carbocycles. The van der Waals surface area contributed by atoms with Crippen molar-refractivity contribution in [3.8, 4) is 11.5 Å². The molecule has 38 heavy (non-hydrogen) atoms. The number of nitrogens with zero attached hydrogens (tertiary/aromatic N) is 1. The zero-order chi connectivity index (χ0) is 27.0. The quantitative estimate of drug-likeness (QED) is 0.228. The maximum atomic E-state index is 13.2. The maximum absolute atomic E-state index is 13.2. The first-order valence-electron chi connectivity index (χ1n) is 12.1. The molecule has 0 fully saturated rings. The summed E-state index contributed by atoms with van der Waals surface area (Å²) in [5, 5.41) is 2.02. The third-order valence-electron chi connectivity index (χ3n) is 6.37. The average Bonchev–Trinajstić information content (AvgIpc) is 3.16. The standard InChI is InChI=1S/C31H25NO6/c1-31(2,3)27(33)18-37-30(36)20-11-16-24-25(17-20)29(35)32(28(24)34)21-12-14-22(15-13-21)38-26-10-6-8-19-7-4-5-9-23(19)26/h4-17H,18H2,1-3H3. The molecule has 190 valence electrons. The van der Waals surface area contributed by atoms with E-state index in [2.05, 4.69) is 0 Å². The summed E-state index contributed by atoms with van der Waals surface area (Å²) in [5.41, 5.74) is 0.112. The number of rotatable bonds is 6. The normalized spacial score (nSPS) is 13.0. The highest BCUT2D eigenvalue weighted by Gasteiger charge is 2.37. The molecule has 2 amide bonds. The van der Waals surface area contributed by atoms with Crippen molar-refractivity contribution in [1.29, 1.82) is 0 Å². The van der Waals surface area contributed by atoms with Crippen molar-refractivity contribution in [2.75, 3.05) is 11.5 Å². The molecule has 4 aromatic rings. The highest BCUT2D eigenvalue weighted by molar-refractivity contribution is 6.34. The van der Waals surface area contributed by atoms with Crippen LogP contribution in [0.1, 0.15) is 51.8 Å². The lowest BCUT2D eigenvalue weighted by atomic mass is 9.91. The number of ether oxygens (including phenoxy) is 2. The Hall–Kier alpha value is -4.78. The summed E-state index contributed by atoms with van der Waals surface area (Å²) >= 11 is 0. The number of hydrogen-bond acceptors (Lipinski definition) is 6. The third kappa shape index (κ3) is 4.66. The number of amides is 2. The van der Waals surface area contributed by atoms with Crippen LogP contribution < -0.4 is 9.64 Å². The number of imide groups is 1. The zero-order valence-corrected chi connectivity index (χ0v) is 21.2. The summed E-state index contributed by atoms with van der Waals surface area (Å²) in [6, 6.07) is 24.5. The van der Waals surface area contributed by atoms with E-state index in [0.29, 0.717) is 17.2 Å². The Labute approximate surface area is 219 Å². The van der Waals surface area contributed by atoms with Crippen LogP contribution in [-0.2, 0) is 9.53 Å². The molecule has 5 rings (SSSR count). The molecule has 7 nitrogen and oxygen atoms in total. The summed E-state index contributed by atoms with van der Waals surface area (Å²) in [5.74, 6) is -0.753. The second-order valence-corrected chi connectivity index (χ2v) is 10.0. The largest absolute Gasteiger partial charge is 0.457 e. The van der Waals surface area contributed by atoms with Crippen LogP contribution in [0.5, 0.6) is 11.5 Å². The number of anilines is 1. The van der Waals surface area contributed by atoms with Crippen LogP contribution in [0, 0.1) is 5.41 Å². The van der Waals surface area contributed by atoms with Gasteiger partial charge < -0.3 is 9.47 Å². The van der Waals surface area contributed by atoms with Gasteiger partial charge in [0.2, 0.25) is 0 Å². The molecule has 4 aromatic carbocycles. The molecule has 0 unspecified atom stereocenters. The van der Waals surface area contributed by atoms with Gasteiger partial charge in [0, 0.05) is 10.8 Å². The molecule has 0 bridgehead atoms. The Bertz CT molecular complexity index is 1590. The van der Waals surface area contributed by atoms with Crippen LogP contribution in [0.4, 0.5) is 5.69 Å². The fourth-order valence-corrected chi connectivity index (χ4v) is 4.11. The molecule has 1 aliphatic heterocycles. The van der Waals surface area contributed by atoms with Crippen molar-refractivity contribution in [3.63, 3.8) is 0 Å². The minimum Gasteiger partial charge on any atom is -0.457 e. The second kappa shape index (κ2) is 9.59. The summed E-state index contributed by atoms with van der Waals surface area (Å²) in [6.07, 6.45) is 0. The van der Waals surface area contributed by atoms with Crippen molar-refractivity contribution in [3.05, 3.63) is 102 Å². The average molecular weight is 508 g/mol. The predicted octanol–water partition coefficient (Wildman–Crippen LogP) is 6.20. The summed E-state index contributed by atoms with van der Waals surface area (Å²) in [4.78, 5) is 51.8. The number of fused-ring (bicyclic) bond motifs is 2. The van der Waals surface area contributed by atoms with Gasteiger partial charge in [-0.3, -0.25) is 14.4 Å². The number of carbonyl (C=O) groups is 4. The number of Topliss-reactive ketones (excluding diaryl/α,β-unsaturated/α-hetero) is 1. The van der Waals surface area contributed by atoms with Crippen molar-refractivity contribution in [2.45, 2.75) is 20.8 Å². The molecule has 0 aromatic heterocycles. The highest BCUT2D eigenvalue weighted by Crippen LogP contribution is 2.33. The Morgan fingerprint density at radius 2 is 1.47 bits per heavy atom. The minimum atomic E-state index is -0.737. The van der Waals surface area contributed by atoms with E-state index in [1.165, 1.54) is 18.2 Å². The van der Waals surface area contributed by atoms with Crippen molar-refractivity contribution >= 4 is 40.0 Å². The van der Waals surface area contributed by atoms with Gasteiger partial charge in [-0.1, -0.05) is 57.2 Å². The van der Waals surface area contributed by atoms with Gasteiger partial charge in [0.25, 0.3) is 11.8 Å². The molecule has 0 N–H and O–H groups in total. The lowest BCUT2D eigenvalue weighted by Crippen LogP contribution is -2.29. The van der Waals surface area contributed by atoms with E-state index in [0.717, 1.165) is 15.7 Å². The molecule has 0 atom stereocenters. The van der Waals surface area contributed by atoms with Gasteiger partial charge in [-0.15, -0.1) is 0 Å². The molecule has 0 radical (unpaired) electrons. The number of benzene rings is 4. The van der Waals surface area contributed by atoms with E-state index >= 15 is 0 Å². The predicted molar refractivity (Wildman–Crippen MR) is 143 cm³/mol. The monoisotopic (exact) mass is 507 g/mol. The number of carbonyl (C=O) groups excluding carboxylic acids is 4. The number of hydrogen-bond donors (Lipinski definition) is 0. The van der Waals surface area contributed by atoms with Crippen LogP contribution in [0.15, 0.2) is 84.9 Å². The van der Waals surface area contributed by atoms with E-state index in [4.69, 9.17) is 9.47 Å². The van der Waals surface area contributed by atoms with Crippen LogP contribution in [0.25, 0.3) is 10.8 Å². The number of esters is 1. The molecule has 7 heteroatoms. The van der Waals surface area contributed by atoms with E-state index in [1.807, 2.05) is 42.5 Å². The second-order valence-electron chi connectivity index (χ2n) is 10.0. The van der Waals surface area contributed by atoms with Crippen molar-refractivity contribution < 1.29 is 28.7 Å². The van der Waals surface area contributed by atoms with Gasteiger partial charge in [0.05, 0.1) is 22.4 Å². The molecule has 1 heterocycles. The van der Waals surface area contributed by atoms with Crippen LogP contribution >= 0.6 is 0 Å². The third-order valence-corrected chi connectivity index (χ3v) is 6.37. The lowest BCUT2D eigenvalue weighted by Gasteiger charge is -2.16. The topological polar surface area (TPSA) is 90.0 Å². The maximum Gasteiger partial charge on any atom is 0.338 e. The number of ketones is 1. The Balaban J connectivity index is 1.33. The van der Waals surface area contributed by atoms with E-state index in [1.54, 1.807) is 45.0 Å². The van der Waals surface area contributed by atoms with E-state index in [-0.39, 0.29) is 29.1 Å². The van der Waals surface area contributed by atoms with Crippen LogP contribution in [0.2, 0.25) is 0 Å².